The number of hydrogen-bond acceptors (Lipinski definition) is 3. The van der Waals surface area contributed by atoms with Gasteiger partial charge in [-0.25, -0.2) is 0 Å². The molecule has 0 unspecified atom stereocenters. The first kappa shape index (κ1) is 11.7. The van der Waals surface area contributed by atoms with Gasteiger partial charge in [-0.1, -0.05) is 11.8 Å². The van der Waals surface area contributed by atoms with Crippen LogP contribution in [0, 0.1) is 23.2 Å². The molecule has 2 aromatic rings. The highest BCUT2D eigenvalue weighted by Crippen LogP contribution is 2.10. The first-order valence-corrected chi connectivity index (χ1v) is 5.33. The maximum absolute atomic E-state index is 8.91. The van der Waals surface area contributed by atoms with Crippen molar-refractivity contribution in [3.63, 3.8) is 0 Å². The third kappa shape index (κ3) is 2.66. The van der Waals surface area contributed by atoms with Crippen LogP contribution in [0.4, 0.5) is 0 Å². The predicted octanol–water partition coefficient (Wildman–Crippen LogP) is 2.36. The average Bonchev–Trinajstić information content (AvgIpc) is 2.46. The van der Waals surface area contributed by atoms with Crippen molar-refractivity contribution in [3.05, 3.63) is 59.4 Å². The van der Waals surface area contributed by atoms with Crippen molar-refractivity contribution in [3.8, 4) is 23.7 Å². The molecular weight excluding hydrogens is 224 g/mol. The summed E-state index contributed by atoms with van der Waals surface area (Å²) in [6.45, 7) is 0. The van der Waals surface area contributed by atoms with Gasteiger partial charge in [0.1, 0.15) is 11.8 Å². The molecule has 0 aliphatic carbocycles. The molecule has 0 saturated carbocycles. The van der Waals surface area contributed by atoms with Gasteiger partial charge in [0, 0.05) is 23.5 Å². The van der Waals surface area contributed by atoms with E-state index in [0.717, 1.165) is 11.3 Å². The van der Waals surface area contributed by atoms with E-state index < -0.39 is 0 Å². The molecule has 0 N–H and O–H groups in total. The molecule has 0 amide bonds. The van der Waals surface area contributed by atoms with Crippen LogP contribution in [0.2, 0.25) is 0 Å². The lowest BCUT2D eigenvalue weighted by Gasteiger charge is -1.97. The van der Waals surface area contributed by atoms with Crippen LogP contribution in [0.15, 0.2) is 42.7 Å². The Labute approximate surface area is 106 Å². The Hall–Kier alpha value is -2.78. The van der Waals surface area contributed by atoms with Gasteiger partial charge in [0.2, 0.25) is 0 Å². The number of benzene rings is 1. The topological polar surface area (TPSA) is 45.9 Å². The molecule has 0 fully saturated rings. The minimum atomic E-state index is 0.485. The molecule has 0 bridgehead atoms. The van der Waals surface area contributed by atoms with E-state index in [0.29, 0.717) is 11.1 Å². The fourth-order valence-electron chi connectivity index (χ4n) is 1.41. The molecule has 0 atom stereocenters. The second-order valence-electron chi connectivity index (χ2n) is 3.51. The molecule has 2 rings (SSSR count). The summed E-state index contributed by atoms with van der Waals surface area (Å²) in [6, 6.07) is 11.2. The summed E-state index contributed by atoms with van der Waals surface area (Å²) in [6.07, 6.45) is 3.14. The van der Waals surface area contributed by atoms with Gasteiger partial charge in [0.05, 0.1) is 12.7 Å². The molecule has 0 aliphatic heterocycles. The van der Waals surface area contributed by atoms with Crippen LogP contribution in [0.3, 0.4) is 0 Å². The van der Waals surface area contributed by atoms with E-state index in [4.69, 9.17) is 10.00 Å². The molecule has 18 heavy (non-hydrogen) atoms. The van der Waals surface area contributed by atoms with E-state index in [-0.39, 0.29) is 0 Å². The molecule has 0 spiro atoms. The normalized spacial score (nSPS) is 8.89. The van der Waals surface area contributed by atoms with Crippen LogP contribution in [-0.4, -0.2) is 12.1 Å². The summed E-state index contributed by atoms with van der Waals surface area (Å²) >= 11 is 0. The van der Waals surface area contributed by atoms with E-state index in [2.05, 4.69) is 22.9 Å². The number of hydrogen-bond donors (Lipinski definition) is 0. The first-order chi connectivity index (χ1) is 8.83. The number of nitrogens with zero attached hydrogens (tertiary/aromatic N) is 2. The largest absolute Gasteiger partial charge is 0.497 e. The van der Waals surface area contributed by atoms with Crippen molar-refractivity contribution < 1.29 is 4.74 Å². The molecule has 0 aliphatic rings. The number of rotatable bonds is 1. The minimum absolute atomic E-state index is 0.485. The van der Waals surface area contributed by atoms with Crippen LogP contribution in [0.1, 0.15) is 16.7 Å². The van der Waals surface area contributed by atoms with E-state index >= 15 is 0 Å². The quantitative estimate of drug-likeness (QED) is 0.711. The maximum atomic E-state index is 8.91. The van der Waals surface area contributed by atoms with Crippen LogP contribution in [-0.2, 0) is 0 Å². The predicted molar refractivity (Wildman–Crippen MR) is 67.9 cm³/mol. The van der Waals surface area contributed by atoms with Gasteiger partial charge < -0.3 is 4.74 Å². The molecule has 1 heterocycles. The Balaban J connectivity index is 2.28. The second kappa shape index (κ2) is 5.52. The van der Waals surface area contributed by atoms with Crippen molar-refractivity contribution in [2.45, 2.75) is 0 Å². The van der Waals surface area contributed by atoms with Gasteiger partial charge in [-0.2, -0.15) is 5.26 Å². The zero-order chi connectivity index (χ0) is 12.8. The van der Waals surface area contributed by atoms with Gasteiger partial charge in [-0.05, 0) is 30.3 Å². The summed E-state index contributed by atoms with van der Waals surface area (Å²) in [5.74, 6) is 6.76. The third-order valence-corrected chi connectivity index (χ3v) is 2.37. The Bertz CT molecular complexity index is 643. The number of aromatic nitrogens is 1. The van der Waals surface area contributed by atoms with Gasteiger partial charge in [-0.15, -0.1) is 0 Å². The average molecular weight is 234 g/mol. The van der Waals surface area contributed by atoms with Crippen LogP contribution < -0.4 is 4.74 Å². The zero-order valence-corrected chi connectivity index (χ0v) is 9.84. The van der Waals surface area contributed by atoms with Crippen LogP contribution in [0.25, 0.3) is 0 Å². The van der Waals surface area contributed by atoms with E-state index in [1.165, 1.54) is 6.20 Å². The van der Waals surface area contributed by atoms with Gasteiger partial charge in [0.15, 0.2) is 0 Å². The van der Waals surface area contributed by atoms with Crippen LogP contribution >= 0.6 is 0 Å². The van der Waals surface area contributed by atoms with Gasteiger partial charge in [0.25, 0.3) is 0 Å². The van der Waals surface area contributed by atoms with Crippen LogP contribution in [0.5, 0.6) is 5.75 Å². The molecule has 86 valence electrons. The Morgan fingerprint density at radius 1 is 1.06 bits per heavy atom. The molecule has 3 heteroatoms. The highest BCUT2D eigenvalue weighted by atomic mass is 16.5. The summed E-state index contributed by atoms with van der Waals surface area (Å²) in [4.78, 5) is 3.89. The monoisotopic (exact) mass is 234 g/mol. The number of ether oxygens (including phenoxy) is 1. The van der Waals surface area contributed by atoms with Crippen molar-refractivity contribution in [2.24, 2.45) is 0 Å². The third-order valence-electron chi connectivity index (χ3n) is 2.37. The SMILES string of the molecule is COc1ccc(C#Cc2ccncc2C#N)cc1. The Kier molecular flexibility index (Phi) is 3.59. The number of methoxy groups -OCH3 is 1. The second-order valence-corrected chi connectivity index (χ2v) is 3.51. The number of nitriles is 1. The summed E-state index contributed by atoms with van der Waals surface area (Å²) in [7, 11) is 1.62. The van der Waals surface area contributed by atoms with Crippen molar-refractivity contribution in [1.29, 1.82) is 5.26 Å². The maximum Gasteiger partial charge on any atom is 0.118 e. The molecule has 3 nitrogen and oxygen atoms in total. The fourth-order valence-corrected chi connectivity index (χ4v) is 1.41. The molecule has 0 radical (unpaired) electrons. The lowest BCUT2D eigenvalue weighted by Crippen LogP contribution is -1.85. The molecular formula is C15H10N2O. The summed E-state index contributed by atoms with van der Waals surface area (Å²) in [5, 5.41) is 8.91. The minimum Gasteiger partial charge on any atom is -0.497 e. The lowest BCUT2D eigenvalue weighted by atomic mass is 10.1. The molecule has 1 aromatic heterocycles. The standard InChI is InChI=1S/C15H10N2O/c1-18-15-6-3-12(4-7-15)2-5-13-8-9-17-11-14(13)10-16/h3-4,6-9,11H,1H3. The highest BCUT2D eigenvalue weighted by molar-refractivity contribution is 5.50. The highest BCUT2D eigenvalue weighted by Gasteiger charge is 1.96. The Morgan fingerprint density at radius 3 is 2.50 bits per heavy atom. The Morgan fingerprint density at radius 2 is 1.83 bits per heavy atom. The van der Waals surface area contributed by atoms with Crippen molar-refractivity contribution in [1.82, 2.24) is 4.98 Å². The molecule has 0 saturated heterocycles. The molecule has 1 aromatic carbocycles. The number of pyridine rings is 1. The van der Waals surface area contributed by atoms with E-state index in [1.54, 1.807) is 19.4 Å². The first-order valence-electron chi connectivity index (χ1n) is 5.33. The van der Waals surface area contributed by atoms with E-state index in [9.17, 15) is 0 Å². The fraction of sp³-hybridized carbons (Fsp3) is 0.0667. The summed E-state index contributed by atoms with van der Waals surface area (Å²) in [5.41, 5.74) is 2.04. The van der Waals surface area contributed by atoms with E-state index in [1.807, 2.05) is 24.3 Å². The lowest BCUT2D eigenvalue weighted by molar-refractivity contribution is 0.415. The zero-order valence-electron chi connectivity index (χ0n) is 9.84. The van der Waals surface area contributed by atoms with Gasteiger partial charge in [-0.3, -0.25) is 4.98 Å². The van der Waals surface area contributed by atoms with Crippen molar-refractivity contribution in [2.75, 3.05) is 7.11 Å². The van der Waals surface area contributed by atoms with Crippen molar-refractivity contribution >= 4 is 0 Å². The summed E-state index contributed by atoms with van der Waals surface area (Å²) < 4.78 is 5.07. The smallest absolute Gasteiger partial charge is 0.118 e. The van der Waals surface area contributed by atoms with Gasteiger partial charge >= 0.3 is 0 Å².